The molecule has 4 nitrogen and oxygen atoms in total. The fourth-order valence-corrected chi connectivity index (χ4v) is 2.65. The predicted octanol–water partition coefficient (Wildman–Crippen LogP) is 0.772. The zero-order chi connectivity index (χ0) is 12.8. The van der Waals surface area contributed by atoms with Crippen LogP contribution in [0.4, 0.5) is 0 Å². The SMILES string of the molecule is CCC(CN)C(=O)N(C)CC1CCCN(C)C1. The van der Waals surface area contributed by atoms with Crippen molar-refractivity contribution in [3.05, 3.63) is 0 Å². The Morgan fingerprint density at radius 1 is 1.59 bits per heavy atom. The van der Waals surface area contributed by atoms with Gasteiger partial charge < -0.3 is 15.5 Å². The third kappa shape index (κ3) is 4.28. The van der Waals surface area contributed by atoms with Crippen molar-refractivity contribution in [2.24, 2.45) is 17.6 Å². The van der Waals surface area contributed by atoms with E-state index in [2.05, 4.69) is 11.9 Å². The second kappa shape index (κ2) is 6.97. The number of amides is 1. The third-order valence-electron chi connectivity index (χ3n) is 3.76. The number of carbonyl (C=O) groups is 1. The fourth-order valence-electron chi connectivity index (χ4n) is 2.65. The Balaban J connectivity index is 2.42. The van der Waals surface area contributed by atoms with Gasteiger partial charge in [-0.3, -0.25) is 4.79 Å². The molecule has 2 atom stereocenters. The van der Waals surface area contributed by atoms with E-state index in [0.29, 0.717) is 12.5 Å². The first-order valence-electron chi connectivity index (χ1n) is 6.72. The van der Waals surface area contributed by atoms with Gasteiger partial charge in [0.1, 0.15) is 0 Å². The van der Waals surface area contributed by atoms with Gasteiger partial charge in [0.2, 0.25) is 5.91 Å². The van der Waals surface area contributed by atoms with Crippen LogP contribution >= 0.6 is 0 Å². The van der Waals surface area contributed by atoms with Crippen LogP contribution in [0, 0.1) is 11.8 Å². The van der Waals surface area contributed by atoms with Gasteiger partial charge in [0.25, 0.3) is 0 Å². The number of nitrogens with two attached hydrogens (primary N) is 1. The Kier molecular flexibility index (Phi) is 5.92. The zero-order valence-electron chi connectivity index (χ0n) is 11.5. The van der Waals surface area contributed by atoms with E-state index in [1.54, 1.807) is 0 Å². The fraction of sp³-hybridized carbons (Fsp3) is 0.923. The predicted molar refractivity (Wildman–Crippen MR) is 70.7 cm³/mol. The quantitative estimate of drug-likeness (QED) is 0.773. The van der Waals surface area contributed by atoms with Crippen LogP contribution in [0.15, 0.2) is 0 Å². The molecule has 1 fully saturated rings. The molecule has 1 heterocycles. The summed E-state index contributed by atoms with van der Waals surface area (Å²) >= 11 is 0. The van der Waals surface area contributed by atoms with Crippen LogP contribution in [0.3, 0.4) is 0 Å². The topological polar surface area (TPSA) is 49.6 Å². The summed E-state index contributed by atoms with van der Waals surface area (Å²) in [4.78, 5) is 16.3. The van der Waals surface area contributed by atoms with Crippen molar-refractivity contribution in [1.29, 1.82) is 0 Å². The smallest absolute Gasteiger partial charge is 0.226 e. The van der Waals surface area contributed by atoms with Crippen molar-refractivity contribution in [3.63, 3.8) is 0 Å². The van der Waals surface area contributed by atoms with E-state index in [9.17, 15) is 4.79 Å². The maximum absolute atomic E-state index is 12.1. The Hall–Kier alpha value is -0.610. The highest BCUT2D eigenvalue weighted by Crippen LogP contribution is 2.17. The summed E-state index contributed by atoms with van der Waals surface area (Å²) in [5.41, 5.74) is 5.62. The minimum Gasteiger partial charge on any atom is -0.345 e. The summed E-state index contributed by atoms with van der Waals surface area (Å²) in [5, 5.41) is 0. The van der Waals surface area contributed by atoms with Crippen LogP contribution in [-0.4, -0.2) is 56.0 Å². The van der Waals surface area contributed by atoms with Gasteiger partial charge in [-0.25, -0.2) is 0 Å². The lowest BCUT2D eigenvalue weighted by atomic mass is 9.97. The Bertz CT molecular complexity index is 241. The molecular formula is C13H27N3O. The largest absolute Gasteiger partial charge is 0.345 e. The molecule has 1 rings (SSSR count). The molecule has 0 saturated carbocycles. The molecule has 0 aliphatic carbocycles. The molecule has 0 spiro atoms. The van der Waals surface area contributed by atoms with E-state index >= 15 is 0 Å². The van der Waals surface area contributed by atoms with E-state index in [4.69, 9.17) is 5.73 Å². The molecule has 0 aromatic heterocycles. The van der Waals surface area contributed by atoms with Crippen molar-refractivity contribution in [2.45, 2.75) is 26.2 Å². The van der Waals surface area contributed by atoms with Crippen LogP contribution < -0.4 is 5.73 Å². The maximum Gasteiger partial charge on any atom is 0.226 e. The molecule has 0 aromatic rings. The first-order valence-corrected chi connectivity index (χ1v) is 6.72. The number of likely N-dealkylation sites (tertiary alicyclic amines) is 1. The highest BCUT2D eigenvalue weighted by atomic mass is 16.2. The summed E-state index contributed by atoms with van der Waals surface area (Å²) in [6.07, 6.45) is 3.32. The van der Waals surface area contributed by atoms with Crippen molar-refractivity contribution >= 4 is 5.91 Å². The van der Waals surface area contributed by atoms with Crippen molar-refractivity contribution in [3.8, 4) is 0 Å². The summed E-state index contributed by atoms with van der Waals surface area (Å²) in [7, 11) is 4.07. The summed E-state index contributed by atoms with van der Waals surface area (Å²) in [6, 6.07) is 0. The molecule has 0 bridgehead atoms. The molecule has 4 heteroatoms. The number of nitrogens with zero attached hydrogens (tertiary/aromatic N) is 2. The summed E-state index contributed by atoms with van der Waals surface area (Å²) < 4.78 is 0. The van der Waals surface area contributed by atoms with Crippen LogP contribution in [0.25, 0.3) is 0 Å². The molecule has 2 unspecified atom stereocenters. The number of hydrogen-bond donors (Lipinski definition) is 1. The van der Waals surface area contributed by atoms with Gasteiger partial charge in [0.15, 0.2) is 0 Å². The van der Waals surface area contributed by atoms with Gasteiger partial charge in [-0.1, -0.05) is 6.92 Å². The monoisotopic (exact) mass is 241 g/mol. The lowest BCUT2D eigenvalue weighted by Gasteiger charge is -2.33. The van der Waals surface area contributed by atoms with E-state index in [0.717, 1.165) is 19.5 Å². The van der Waals surface area contributed by atoms with Gasteiger partial charge in [0, 0.05) is 26.7 Å². The van der Waals surface area contributed by atoms with Crippen molar-refractivity contribution < 1.29 is 4.79 Å². The summed E-state index contributed by atoms with van der Waals surface area (Å²) in [5.74, 6) is 0.836. The van der Waals surface area contributed by atoms with Crippen LogP contribution in [0.2, 0.25) is 0 Å². The number of carbonyl (C=O) groups excluding carboxylic acids is 1. The van der Waals surface area contributed by atoms with Gasteiger partial charge >= 0.3 is 0 Å². The van der Waals surface area contributed by atoms with Gasteiger partial charge in [-0.2, -0.15) is 0 Å². The minimum absolute atomic E-state index is 0.00122. The highest BCUT2D eigenvalue weighted by molar-refractivity contribution is 5.78. The van der Waals surface area contributed by atoms with Crippen LogP contribution in [0.5, 0.6) is 0 Å². The molecule has 1 aliphatic rings. The van der Waals surface area contributed by atoms with E-state index < -0.39 is 0 Å². The Morgan fingerprint density at radius 2 is 2.29 bits per heavy atom. The molecule has 0 aromatic carbocycles. The second-order valence-corrected chi connectivity index (χ2v) is 5.33. The highest BCUT2D eigenvalue weighted by Gasteiger charge is 2.23. The average Bonchev–Trinajstić information content (AvgIpc) is 2.30. The molecule has 1 amide bonds. The molecule has 17 heavy (non-hydrogen) atoms. The molecule has 0 radical (unpaired) electrons. The third-order valence-corrected chi connectivity index (χ3v) is 3.76. The molecule has 1 saturated heterocycles. The van der Waals surface area contributed by atoms with E-state index in [1.165, 1.54) is 19.4 Å². The average molecular weight is 241 g/mol. The van der Waals surface area contributed by atoms with Crippen molar-refractivity contribution in [1.82, 2.24) is 9.80 Å². The molecule has 2 N–H and O–H groups in total. The van der Waals surface area contributed by atoms with Gasteiger partial charge in [-0.15, -0.1) is 0 Å². The van der Waals surface area contributed by atoms with E-state index in [1.807, 2.05) is 18.9 Å². The lowest BCUT2D eigenvalue weighted by molar-refractivity contribution is -0.134. The molecule has 100 valence electrons. The number of piperidine rings is 1. The summed E-state index contributed by atoms with van der Waals surface area (Å²) in [6.45, 7) is 5.66. The number of hydrogen-bond acceptors (Lipinski definition) is 3. The first kappa shape index (κ1) is 14.5. The van der Waals surface area contributed by atoms with Crippen molar-refractivity contribution in [2.75, 3.05) is 40.3 Å². The molecular weight excluding hydrogens is 214 g/mol. The van der Waals surface area contributed by atoms with Gasteiger partial charge in [-0.05, 0) is 38.8 Å². The minimum atomic E-state index is 0.00122. The zero-order valence-corrected chi connectivity index (χ0v) is 11.5. The maximum atomic E-state index is 12.1. The standard InChI is InChI=1S/C13H27N3O/c1-4-12(8-14)13(17)16(3)10-11-6-5-7-15(2)9-11/h11-12H,4-10,14H2,1-3H3. The normalized spacial score (nSPS) is 23.4. The Labute approximate surface area is 105 Å². The van der Waals surface area contributed by atoms with Crippen LogP contribution in [0.1, 0.15) is 26.2 Å². The van der Waals surface area contributed by atoms with Crippen LogP contribution in [-0.2, 0) is 4.79 Å². The molecule has 1 aliphatic heterocycles. The van der Waals surface area contributed by atoms with Gasteiger partial charge in [0.05, 0.1) is 5.92 Å². The Morgan fingerprint density at radius 3 is 2.82 bits per heavy atom. The first-order chi connectivity index (χ1) is 8.08. The number of rotatable bonds is 5. The van der Waals surface area contributed by atoms with E-state index in [-0.39, 0.29) is 11.8 Å². The second-order valence-electron chi connectivity index (χ2n) is 5.33. The lowest BCUT2D eigenvalue weighted by Crippen LogP contribution is -2.43.